The van der Waals surface area contributed by atoms with Crippen LogP contribution in [0.1, 0.15) is 6.42 Å². The van der Waals surface area contributed by atoms with Crippen molar-refractivity contribution in [2.24, 2.45) is 5.73 Å². The highest BCUT2D eigenvalue weighted by molar-refractivity contribution is 5.94. The Morgan fingerprint density at radius 1 is 0.966 bits per heavy atom. The highest BCUT2D eigenvalue weighted by Gasteiger charge is 2.12. The van der Waals surface area contributed by atoms with E-state index < -0.39 is 0 Å². The monoisotopic (exact) mass is 423 g/mol. The summed E-state index contributed by atoms with van der Waals surface area (Å²) >= 11 is 0. The van der Waals surface area contributed by atoms with E-state index in [9.17, 15) is 9.59 Å². The van der Waals surface area contributed by atoms with Crippen LogP contribution in [0.3, 0.4) is 0 Å². The van der Waals surface area contributed by atoms with E-state index in [0.717, 1.165) is 0 Å². The van der Waals surface area contributed by atoms with Gasteiger partial charge in [0.15, 0.2) is 18.1 Å². The Bertz CT molecular complexity index is 799. The zero-order valence-corrected chi connectivity index (χ0v) is 17.2. The maximum absolute atomic E-state index is 12.1. The van der Waals surface area contributed by atoms with Crippen molar-refractivity contribution >= 4 is 35.6 Å². The van der Waals surface area contributed by atoms with E-state index in [1.54, 1.807) is 42.5 Å². The van der Waals surface area contributed by atoms with Crippen LogP contribution < -0.4 is 25.8 Å². The second kappa shape index (κ2) is 12.6. The maximum atomic E-state index is 12.1. The first-order valence-electron chi connectivity index (χ1n) is 8.74. The van der Waals surface area contributed by atoms with Crippen molar-refractivity contribution in [3.8, 4) is 11.5 Å². The molecule has 0 radical (unpaired) electrons. The van der Waals surface area contributed by atoms with Gasteiger partial charge in [0.2, 0.25) is 5.91 Å². The predicted molar refractivity (Wildman–Crippen MR) is 114 cm³/mol. The van der Waals surface area contributed by atoms with Gasteiger partial charge in [-0.15, -0.1) is 12.4 Å². The average molecular weight is 424 g/mol. The SMILES string of the molecule is COc1ccccc1OCC(=O)Nc1cccc(NC(=O)CC(CN)OC)c1.Cl. The van der Waals surface area contributed by atoms with Gasteiger partial charge in [-0.1, -0.05) is 18.2 Å². The van der Waals surface area contributed by atoms with Gasteiger partial charge in [0, 0.05) is 25.0 Å². The van der Waals surface area contributed by atoms with E-state index in [4.69, 9.17) is 19.9 Å². The fourth-order valence-electron chi connectivity index (χ4n) is 2.43. The standard InChI is InChI=1S/C20H25N3O5.ClH/c1-26-16(12-21)11-19(24)22-14-6-5-7-15(10-14)23-20(25)13-28-18-9-4-3-8-17(18)27-2;/h3-10,16H,11-13,21H2,1-2H3,(H,22,24)(H,23,25);1H. The molecule has 2 amide bonds. The summed E-state index contributed by atoms with van der Waals surface area (Å²) in [7, 11) is 3.04. The summed E-state index contributed by atoms with van der Waals surface area (Å²) in [6, 6.07) is 13.9. The molecule has 0 aliphatic heterocycles. The molecule has 8 nitrogen and oxygen atoms in total. The lowest BCUT2D eigenvalue weighted by Gasteiger charge is -2.13. The number of rotatable bonds is 10. The van der Waals surface area contributed by atoms with E-state index in [-0.39, 0.29) is 49.9 Å². The summed E-state index contributed by atoms with van der Waals surface area (Å²) in [4.78, 5) is 24.2. The van der Waals surface area contributed by atoms with Gasteiger partial charge in [-0.3, -0.25) is 9.59 Å². The number of carbonyl (C=O) groups excluding carboxylic acids is 2. The Hall–Kier alpha value is -2.81. The largest absolute Gasteiger partial charge is 0.493 e. The van der Waals surface area contributed by atoms with Crippen LogP contribution in [0.25, 0.3) is 0 Å². The van der Waals surface area contributed by atoms with Crippen LogP contribution in [-0.2, 0) is 14.3 Å². The third-order valence-corrected chi connectivity index (χ3v) is 3.87. The van der Waals surface area contributed by atoms with E-state index >= 15 is 0 Å². The van der Waals surface area contributed by atoms with Crippen LogP contribution in [0.5, 0.6) is 11.5 Å². The molecule has 2 aromatic rings. The quantitative estimate of drug-likeness (QED) is 0.541. The summed E-state index contributed by atoms with van der Waals surface area (Å²) in [5, 5.41) is 5.48. The number of para-hydroxylation sites is 2. The molecule has 0 aliphatic carbocycles. The smallest absolute Gasteiger partial charge is 0.262 e. The summed E-state index contributed by atoms with van der Waals surface area (Å²) in [6.07, 6.45) is -0.189. The zero-order chi connectivity index (χ0) is 20.4. The van der Waals surface area contributed by atoms with E-state index in [1.165, 1.54) is 14.2 Å². The molecule has 29 heavy (non-hydrogen) atoms. The molecule has 2 aromatic carbocycles. The topological polar surface area (TPSA) is 112 Å². The summed E-state index contributed by atoms with van der Waals surface area (Å²) in [6.45, 7) is 0.0786. The molecule has 0 bridgehead atoms. The minimum Gasteiger partial charge on any atom is -0.493 e. The Kier molecular flexibility index (Phi) is 10.5. The van der Waals surface area contributed by atoms with Gasteiger partial charge in [0.1, 0.15) is 0 Å². The van der Waals surface area contributed by atoms with Crippen molar-refractivity contribution in [2.75, 3.05) is 38.0 Å². The number of amides is 2. The molecular formula is C20H26ClN3O5. The highest BCUT2D eigenvalue weighted by atomic mass is 35.5. The molecule has 158 valence electrons. The van der Waals surface area contributed by atoms with Crippen molar-refractivity contribution < 1.29 is 23.8 Å². The van der Waals surface area contributed by atoms with Crippen LogP contribution in [0.4, 0.5) is 11.4 Å². The van der Waals surface area contributed by atoms with Gasteiger partial charge in [0.05, 0.1) is 19.6 Å². The van der Waals surface area contributed by atoms with Gasteiger partial charge in [-0.25, -0.2) is 0 Å². The van der Waals surface area contributed by atoms with E-state index in [2.05, 4.69) is 10.6 Å². The molecule has 0 aliphatic rings. The van der Waals surface area contributed by atoms with E-state index in [0.29, 0.717) is 22.9 Å². The third kappa shape index (κ3) is 7.98. The van der Waals surface area contributed by atoms with E-state index in [1.807, 2.05) is 6.07 Å². The van der Waals surface area contributed by atoms with Crippen molar-refractivity contribution in [1.29, 1.82) is 0 Å². The second-order valence-corrected chi connectivity index (χ2v) is 5.91. The number of hydrogen-bond donors (Lipinski definition) is 3. The molecule has 0 fully saturated rings. The Morgan fingerprint density at radius 2 is 1.59 bits per heavy atom. The van der Waals surface area contributed by atoms with Crippen LogP contribution in [-0.4, -0.2) is 45.3 Å². The number of carbonyl (C=O) groups is 2. The summed E-state index contributed by atoms with van der Waals surface area (Å²) in [5.41, 5.74) is 6.61. The number of halogens is 1. The summed E-state index contributed by atoms with van der Waals surface area (Å²) in [5.74, 6) is 0.470. The van der Waals surface area contributed by atoms with Gasteiger partial charge in [-0.05, 0) is 30.3 Å². The van der Waals surface area contributed by atoms with Crippen molar-refractivity contribution in [3.63, 3.8) is 0 Å². The molecule has 0 spiro atoms. The maximum Gasteiger partial charge on any atom is 0.262 e. The number of nitrogens with two attached hydrogens (primary N) is 1. The Balaban J connectivity index is 0.00000420. The molecule has 4 N–H and O–H groups in total. The Labute approximate surface area is 176 Å². The lowest BCUT2D eigenvalue weighted by atomic mass is 10.2. The number of ether oxygens (including phenoxy) is 3. The molecular weight excluding hydrogens is 398 g/mol. The minimum atomic E-state index is -0.338. The highest BCUT2D eigenvalue weighted by Crippen LogP contribution is 2.25. The third-order valence-electron chi connectivity index (χ3n) is 3.87. The van der Waals surface area contributed by atoms with Crippen LogP contribution in [0, 0.1) is 0 Å². The lowest BCUT2D eigenvalue weighted by molar-refractivity contribution is -0.119. The first kappa shape index (κ1) is 24.2. The van der Waals surface area contributed by atoms with Gasteiger partial charge in [-0.2, -0.15) is 0 Å². The number of anilines is 2. The van der Waals surface area contributed by atoms with Crippen LogP contribution >= 0.6 is 12.4 Å². The van der Waals surface area contributed by atoms with Crippen LogP contribution in [0.2, 0.25) is 0 Å². The number of nitrogens with one attached hydrogen (secondary N) is 2. The zero-order valence-electron chi connectivity index (χ0n) is 16.3. The molecule has 1 atom stereocenters. The lowest BCUT2D eigenvalue weighted by Crippen LogP contribution is -2.28. The molecule has 9 heteroatoms. The molecule has 0 saturated heterocycles. The molecule has 2 rings (SSSR count). The van der Waals surface area contributed by atoms with Gasteiger partial charge < -0.3 is 30.6 Å². The average Bonchev–Trinajstić information content (AvgIpc) is 2.70. The molecule has 0 heterocycles. The second-order valence-electron chi connectivity index (χ2n) is 5.91. The Morgan fingerprint density at radius 3 is 2.17 bits per heavy atom. The van der Waals surface area contributed by atoms with Gasteiger partial charge >= 0.3 is 0 Å². The van der Waals surface area contributed by atoms with Crippen LogP contribution in [0.15, 0.2) is 48.5 Å². The number of methoxy groups -OCH3 is 2. The predicted octanol–water partition coefficient (Wildman–Crippen LogP) is 2.44. The number of hydrogen-bond acceptors (Lipinski definition) is 6. The first-order valence-corrected chi connectivity index (χ1v) is 8.74. The molecule has 0 aromatic heterocycles. The van der Waals surface area contributed by atoms with Crippen molar-refractivity contribution in [1.82, 2.24) is 0 Å². The van der Waals surface area contributed by atoms with Gasteiger partial charge in [0.25, 0.3) is 5.91 Å². The summed E-state index contributed by atoms with van der Waals surface area (Å²) < 4.78 is 15.8. The molecule has 1 unspecified atom stereocenters. The normalized spacial score (nSPS) is 11.0. The van der Waals surface area contributed by atoms with Crippen molar-refractivity contribution in [2.45, 2.75) is 12.5 Å². The van der Waals surface area contributed by atoms with Crippen molar-refractivity contribution in [3.05, 3.63) is 48.5 Å². The minimum absolute atomic E-state index is 0. The molecule has 0 saturated carbocycles. The number of benzene rings is 2. The fourth-order valence-corrected chi connectivity index (χ4v) is 2.43. The first-order chi connectivity index (χ1) is 13.5. The fraction of sp³-hybridized carbons (Fsp3) is 0.300.